The van der Waals surface area contributed by atoms with Crippen molar-refractivity contribution in [2.24, 2.45) is 0 Å². The van der Waals surface area contributed by atoms with E-state index in [0.29, 0.717) is 13.0 Å². The first-order valence-electron chi connectivity index (χ1n) is 6.90. The third kappa shape index (κ3) is 4.67. The second-order valence-electron chi connectivity index (χ2n) is 4.69. The van der Waals surface area contributed by atoms with Gasteiger partial charge in [-0.3, -0.25) is 4.79 Å². The van der Waals surface area contributed by atoms with Gasteiger partial charge in [-0.25, -0.2) is 0 Å². The Balaban J connectivity index is 2.82. The van der Waals surface area contributed by atoms with Crippen LogP contribution in [0.3, 0.4) is 0 Å². The van der Waals surface area contributed by atoms with Gasteiger partial charge in [-0.1, -0.05) is 31.0 Å². The highest BCUT2D eigenvalue weighted by molar-refractivity contribution is 5.85. The van der Waals surface area contributed by atoms with Gasteiger partial charge in [0.05, 0.1) is 7.11 Å². The van der Waals surface area contributed by atoms with E-state index < -0.39 is 0 Å². The normalized spacial score (nSPS) is 12.2. The van der Waals surface area contributed by atoms with Crippen LogP contribution < -0.4 is 4.74 Å². The Kier molecular flexibility index (Phi) is 6.57. The molecule has 0 heterocycles. The molecule has 0 N–H and O–H groups in total. The number of rotatable bonds is 8. The van der Waals surface area contributed by atoms with E-state index in [4.69, 9.17) is 9.47 Å². The van der Waals surface area contributed by atoms with E-state index in [2.05, 4.69) is 6.92 Å². The Bertz CT molecular complexity index is 406. The van der Waals surface area contributed by atoms with Gasteiger partial charge >= 0.3 is 0 Å². The number of aryl methyl sites for hydroxylation is 1. The first-order valence-corrected chi connectivity index (χ1v) is 6.90. The van der Waals surface area contributed by atoms with Gasteiger partial charge in [0, 0.05) is 18.6 Å². The third-order valence-electron chi connectivity index (χ3n) is 3.08. The lowest BCUT2D eigenvalue weighted by Crippen LogP contribution is -2.26. The summed E-state index contributed by atoms with van der Waals surface area (Å²) in [6.07, 6.45) is 1.80. The van der Waals surface area contributed by atoms with Gasteiger partial charge in [0.1, 0.15) is 11.9 Å². The van der Waals surface area contributed by atoms with E-state index in [1.54, 1.807) is 7.11 Å². The van der Waals surface area contributed by atoms with Crippen molar-refractivity contribution in [3.8, 4) is 5.75 Å². The maximum absolute atomic E-state index is 12.3. The topological polar surface area (TPSA) is 35.5 Å². The lowest BCUT2D eigenvalue weighted by Gasteiger charge is -2.16. The molecular weight excluding hydrogens is 240 g/mol. The van der Waals surface area contributed by atoms with Crippen molar-refractivity contribution in [2.45, 2.75) is 46.1 Å². The monoisotopic (exact) mass is 264 g/mol. The minimum Gasteiger partial charge on any atom is -0.496 e. The second-order valence-corrected chi connectivity index (χ2v) is 4.69. The summed E-state index contributed by atoms with van der Waals surface area (Å²) in [6, 6.07) is 5.90. The molecule has 0 saturated heterocycles. The standard InChI is InChI=1S/C16H24O3/c1-5-7-16(19-6-2)14(17)11-13-10-12(3)8-9-15(13)18-4/h8-10,16H,5-7,11H2,1-4H3. The van der Waals surface area contributed by atoms with E-state index in [9.17, 15) is 4.79 Å². The van der Waals surface area contributed by atoms with Crippen molar-refractivity contribution >= 4 is 5.78 Å². The lowest BCUT2D eigenvalue weighted by molar-refractivity contribution is -0.130. The van der Waals surface area contributed by atoms with E-state index in [-0.39, 0.29) is 11.9 Å². The summed E-state index contributed by atoms with van der Waals surface area (Å²) >= 11 is 0. The van der Waals surface area contributed by atoms with Crippen LogP contribution in [0, 0.1) is 6.92 Å². The molecule has 1 rings (SSSR count). The van der Waals surface area contributed by atoms with Crippen LogP contribution >= 0.6 is 0 Å². The highest BCUT2D eigenvalue weighted by Crippen LogP contribution is 2.21. The van der Waals surface area contributed by atoms with Gasteiger partial charge in [0.2, 0.25) is 0 Å². The van der Waals surface area contributed by atoms with E-state index in [1.807, 2.05) is 32.0 Å². The molecule has 0 aliphatic heterocycles. The van der Waals surface area contributed by atoms with Crippen molar-refractivity contribution in [2.75, 3.05) is 13.7 Å². The molecule has 1 unspecified atom stereocenters. The van der Waals surface area contributed by atoms with Crippen molar-refractivity contribution in [3.63, 3.8) is 0 Å². The summed E-state index contributed by atoms with van der Waals surface area (Å²) in [5.41, 5.74) is 2.07. The molecule has 19 heavy (non-hydrogen) atoms. The quantitative estimate of drug-likeness (QED) is 0.722. The average Bonchev–Trinajstić information content (AvgIpc) is 2.38. The number of benzene rings is 1. The van der Waals surface area contributed by atoms with Crippen molar-refractivity contribution in [1.29, 1.82) is 0 Å². The Morgan fingerprint density at radius 3 is 2.63 bits per heavy atom. The van der Waals surface area contributed by atoms with Gasteiger partial charge in [0.25, 0.3) is 0 Å². The molecule has 0 aliphatic rings. The number of carbonyl (C=O) groups is 1. The summed E-state index contributed by atoms with van der Waals surface area (Å²) in [5.74, 6) is 0.901. The zero-order valence-electron chi connectivity index (χ0n) is 12.4. The summed E-state index contributed by atoms with van der Waals surface area (Å²) in [4.78, 5) is 12.3. The van der Waals surface area contributed by atoms with Crippen molar-refractivity contribution in [1.82, 2.24) is 0 Å². The van der Waals surface area contributed by atoms with E-state index in [1.165, 1.54) is 0 Å². The molecule has 1 atom stereocenters. The van der Waals surface area contributed by atoms with E-state index >= 15 is 0 Å². The summed E-state index contributed by atoms with van der Waals surface area (Å²) < 4.78 is 10.8. The van der Waals surface area contributed by atoms with Crippen LogP contribution in [-0.2, 0) is 16.0 Å². The molecule has 0 spiro atoms. The zero-order chi connectivity index (χ0) is 14.3. The molecule has 106 valence electrons. The first-order chi connectivity index (χ1) is 9.12. The fourth-order valence-corrected chi connectivity index (χ4v) is 2.15. The van der Waals surface area contributed by atoms with Gasteiger partial charge in [-0.2, -0.15) is 0 Å². The predicted molar refractivity (Wildman–Crippen MR) is 76.8 cm³/mol. The zero-order valence-corrected chi connectivity index (χ0v) is 12.4. The fraction of sp³-hybridized carbons (Fsp3) is 0.562. The van der Waals surface area contributed by atoms with Crippen LogP contribution in [0.2, 0.25) is 0 Å². The van der Waals surface area contributed by atoms with Gasteiger partial charge in [-0.05, 0) is 26.3 Å². The highest BCUT2D eigenvalue weighted by Gasteiger charge is 2.19. The van der Waals surface area contributed by atoms with Crippen LogP contribution in [0.1, 0.15) is 37.8 Å². The Hall–Kier alpha value is -1.35. The van der Waals surface area contributed by atoms with Gasteiger partial charge < -0.3 is 9.47 Å². The average molecular weight is 264 g/mol. The molecule has 3 nitrogen and oxygen atoms in total. The van der Waals surface area contributed by atoms with E-state index in [0.717, 1.165) is 29.7 Å². The molecule has 0 aromatic heterocycles. The number of Topliss-reactive ketones (excluding diaryl/α,β-unsaturated/α-hetero) is 1. The highest BCUT2D eigenvalue weighted by atomic mass is 16.5. The lowest BCUT2D eigenvalue weighted by atomic mass is 10.0. The van der Waals surface area contributed by atoms with Crippen LogP contribution in [0.15, 0.2) is 18.2 Å². The number of carbonyl (C=O) groups excluding carboxylic acids is 1. The van der Waals surface area contributed by atoms with Gasteiger partial charge in [-0.15, -0.1) is 0 Å². The number of ether oxygens (including phenoxy) is 2. The largest absolute Gasteiger partial charge is 0.496 e. The van der Waals surface area contributed by atoms with Crippen molar-refractivity contribution < 1.29 is 14.3 Å². The van der Waals surface area contributed by atoms with Crippen LogP contribution in [-0.4, -0.2) is 25.6 Å². The third-order valence-corrected chi connectivity index (χ3v) is 3.08. The molecule has 1 aromatic rings. The molecule has 0 bridgehead atoms. The molecular formula is C16H24O3. The Morgan fingerprint density at radius 1 is 1.32 bits per heavy atom. The first kappa shape index (κ1) is 15.7. The minimum atomic E-state index is -0.291. The SMILES string of the molecule is CCCC(OCC)C(=O)Cc1cc(C)ccc1OC. The fourth-order valence-electron chi connectivity index (χ4n) is 2.15. The number of ketones is 1. The smallest absolute Gasteiger partial charge is 0.166 e. The molecule has 1 aromatic carbocycles. The predicted octanol–water partition coefficient (Wildman–Crippen LogP) is 3.32. The number of hydrogen-bond acceptors (Lipinski definition) is 3. The summed E-state index contributed by atoms with van der Waals surface area (Å²) in [5, 5.41) is 0. The second kappa shape index (κ2) is 7.95. The summed E-state index contributed by atoms with van der Waals surface area (Å²) in [6.45, 7) is 6.57. The van der Waals surface area contributed by atoms with Crippen molar-refractivity contribution in [3.05, 3.63) is 29.3 Å². The summed E-state index contributed by atoms with van der Waals surface area (Å²) in [7, 11) is 1.63. The molecule has 0 saturated carbocycles. The van der Waals surface area contributed by atoms with Crippen LogP contribution in [0.25, 0.3) is 0 Å². The number of methoxy groups -OCH3 is 1. The maximum atomic E-state index is 12.3. The minimum absolute atomic E-state index is 0.132. The van der Waals surface area contributed by atoms with Crippen LogP contribution in [0.5, 0.6) is 5.75 Å². The Morgan fingerprint density at radius 2 is 2.05 bits per heavy atom. The number of hydrogen-bond donors (Lipinski definition) is 0. The van der Waals surface area contributed by atoms with Gasteiger partial charge in [0.15, 0.2) is 5.78 Å². The molecule has 0 aliphatic carbocycles. The van der Waals surface area contributed by atoms with Crippen LogP contribution in [0.4, 0.5) is 0 Å². The molecule has 3 heteroatoms. The molecule has 0 fully saturated rings. The molecule has 0 amide bonds. The maximum Gasteiger partial charge on any atom is 0.166 e. The molecule has 0 radical (unpaired) electrons. The Labute approximate surface area is 115 Å².